The fourth-order valence-electron chi connectivity index (χ4n) is 3.08. The summed E-state index contributed by atoms with van der Waals surface area (Å²) >= 11 is 0. The second-order valence-corrected chi connectivity index (χ2v) is 10.4. The van der Waals surface area contributed by atoms with E-state index in [-0.39, 0.29) is 34.9 Å². The van der Waals surface area contributed by atoms with Gasteiger partial charge in [-0.1, -0.05) is 6.07 Å². The predicted octanol–water partition coefficient (Wildman–Crippen LogP) is 0.0122. The Morgan fingerprint density at radius 3 is 2.48 bits per heavy atom. The van der Waals surface area contributed by atoms with Crippen LogP contribution in [0.1, 0.15) is 23.2 Å². The van der Waals surface area contributed by atoms with Crippen molar-refractivity contribution in [2.75, 3.05) is 28.6 Å². The van der Waals surface area contributed by atoms with Crippen LogP contribution in [0.25, 0.3) is 0 Å². The molecule has 0 aliphatic carbocycles. The zero-order valence-corrected chi connectivity index (χ0v) is 15.2. The number of sulfonamides is 1. The number of nitrogens with zero attached hydrogens (tertiary/aromatic N) is 2. The molecule has 2 amide bonds. The molecule has 0 spiro atoms. The number of rotatable bonds is 3. The molecule has 8 nitrogen and oxygen atoms in total. The van der Waals surface area contributed by atoms with Gasteiger partial charge in [-0.25, -0.2) is 21.1 Å². The van der Waals surface area contributed by atoms with Gasteiger partial charge in [0.05, 0.1) is 22.9 Å². The Balaban J connectivity index is 1.87. The van der Waals surface area contributed by atoms with Gasteiger partial charge in [-0.2, -0.15) is 0 Å². The normalized spacial score (nSPS) is 24.4. The van der Waals surface area contributed by atoms with E-state index < -0.39 is 37.7 Å². The first-order valence-corrected chi connectivity index (χ1v) is 11.2. The van der Waals surface area contributed by atoms with E-state index in [1.807, 2.05) is 0 Å². The summed E-state index contributed by atoms with van der Waals surface area (Å²) in [6, 6.07) is 5.42. The zero-order chi connectivity index (χ0) is 18.4. The maximum absolute atomic E-state index is 12.6. The summed E-state index contributed by atoms with van der Waals surface area (Å²) in [5.41, 5.74) is 0.333. The Morgan fingerprint density at radius 2 is 1.92 bits per heavy atom. The van der Waals surface area contributed by atoms with Gasteiger partial charge in [0, 0.05) is 25.1 Å². The van der Waals surface area contributed by atoms with E-state index in [0.717, 1.165) is 4.31 Å². The maximum atomic E-state index is 12.6. The Morgan fingerprint density at radius 1 is 1.20 bits per heavy atom. The van der Waals surface area contributed by atoms with Crippen LogP contribution in [0.4, 0.5) is 5.69 Å². The molecule has 25 heavy (non-hydrogen) atoms. The quantitative estimate of drug-likeness (QED) is 0.724. The molecule has 2 aliphatic rings. The zero-order valence-electron chi connectivity index (χ0n) is 13.6. The minimum absolute atomic E-state index is 0.0514. The van der Waals surface area contributed by atoms with Crippen LogP contribution in [-0.2, 0) is 24.7 Å². The van der Waals surface area contributed by atoms with E-state index in [1.54, 1.807) is 0 Å². The molecule has 136 valence electrons. The molecule has 2 saturated heterocycles. The summed E-state index contributed by atoms with van der Waals surface area (Å²) in [7, 11) is -5.30. The number of sulfone groups is 1. The summed E-state index contributed by atoms with van der Waals surface area (Å²) in [6.45, 7) is 0. The molecule has 0 aromatic heterocycles. The molecule has 2 fully saturated rings. The van der Waals surface area contributed by atoms with Crippen LogP contribution < -0.4 is 4.31 Å². The van der Waals surface area contributed by atoms with Gasteiger partial charge in [0.25, 0.3) is 5.91 Å². The molecule has 3 rings (SSSR count). The van der Waals surface area contributed by atoms with Crippen LogP contribution in [0, 0.1) is 0 Å². The molecule has 1 atom stereocenters. The van der Waals surface area contributed by atoms with Crippen molar-refractivity contribution < 1.29 is 26.4 Å². The maximum Gasteiger partial charge on any atom is 0.253 e. The smallest absolute Gasteiger partial charge is 0.253 e. The van der Waals surface area contributed by atoms with Crippen molar-refractivity contribution in [1.29, 1.82) is 0 Å². The van der Waals surface area contributed by atoms with Crippen molar-refractivity contribution in [1.82, 2.24) is 4.90 Å². The molecule has 0 unspecified atom stereocenters. The SMILES string of the molecule is CN(C(=O)c1cccc(N2C(=O)CCS2(=O)=O)c1)[C@H]1CCS(=O)(=O)C1. The number of hydrogen-bond acceptors (Lipinski definition) is 6. The van der Waals surface area contributed by atoms with Gasteiger partial charge in [-0.15, -0.1) is 0 Å². The number of hydrogen-bond donors (Lipinski definition) is 0. The van der Waals surface area contributed by atoms with E-state index in [9.17, 15) is 26.4 Å². The van der Waals surface area contributed by atoms with E-state index in [4.69, 9.17) is 0 Å². The summed E-state index contributed by atoms with van der Waals surface area (Å²) in [6.07, 6.45) is 0.295. The number of benzene rings is 1. The molecule has 0 N–H and O–H groups in total. The van der Waals surface area contributed by atoms with E-state index in [1.165, 1.54) is 36.2 Å². The summed E-state index contributed by atoms with van der Waals surface area (Å²) in [4.78, 5) is 25.9. The monoisotopic (exact) mass is 386 g/mol. The Bertz CT molecular complexity index is 939. The van der Waals surface area contributed by atoms with Crippen LogP contribution in [-0.4, -0.2) is 63.9 Å². The van der Waals surface area contributed by atoms with Crippen molar-refractivity contribution in [3.05, 3.63) is 29.8 Å². The third-order valence-electron chi connectivity index (χ3n) is 4.48. The first-order valence-electron chi connectivity index (χ1n) is 7.74. The molecular weight excluding hydrogens is 368 g/mol. The second kappa shape index (κ2) is 6.10. The molecule has 0 radical (unpaired) electrons. The molecule has 1 aromatic carbocycles. The van der Waals surface area contributed by atoms with Crippen molar-refractivity contribution in [3.63, 3.8) is 0 Å². The standard InChI is InChI=1S/C15H18N2O6S2/c1-16(13-5-7-24(20,21)10-13)15(19)11-3-2-4-12(9-11)17-14(18)6-8-25(17,22)23/h2-4,9,13H,5-8,10H2,1H3/t13-/m0/s1. The molecule has 1 aromatic rings. The van der Waals surface area contributed by atoms with Crippen LogP contribution in [0.15, 0.2) is 24.3 Å². The molecule has 2 aliphatic heterocycles. The van der Waals surface area contributed by atoms with E-state index in [0.29, 0.717) is 6.42 Å². The highest BCUT2D eigenvalue weighted by Gasteiger charge is 2.37. The topological polar surface area (TPSA) is 109 Å². The van der Waals surface area contributed by atoms with Crippen molar-refractivity contribution in [2.24, 2.45) is 0 Å². The third-order valence-corrected chi connectivity index (χ3v) is 7.92. The predicted molar refractivity (Wildman–Crippen MR) is 91.5 cm³/mol. The molecule has 2 heterocycles. The first kappa shape index (κ1) is 17.9. The lowest BCUT2D eigenvalue weighted by molar-refractivity contribution is -0.116. The molecule has 10 heteroatoms. The van der Waals surface area contributed by atoms with E-state index in [2.05, 4.69) is 0 Å². The van der Waals surface area contributed by atoms with Crippen LogP contribution in [0.3, 0.4) is 0 Å². The second-order valence-electron chi connectivity index (χ2n) is 6.25. The third kappa shape index (κ3) is 3.40. The average molecular weight is 386 g/mol. The fourth-order valence-corrected chi connectivity index (χ4v) is 6.31. The Hall–Kier alpha value is -1.94. The molecular formula is C15H18N2O6S2. The van der Waals surface area contributed by atoms with Gasteiger partial charge in [-0.3, -0.25) is 9.59 Å². The summed E-state index contributed by atoms with van der Waals surface area (Å²) in [5, 5.41) is 0. The Kier molecular flexibility index (Phi) is 4.36. The van der Waals surface area contributed by atoms with Gasteiger partial charge in [0.1, 0.15) is 0 Å². The molecule has 0 bridgehead atoms. The van der Waals surface area contributed by atoms with Gasteiger partial charge < -0.3 is 4.90 Å². The van der Waals surface area contributed by atoms with Crippen LogP contribution in [0.2, 0.25) is 0 Å². The van der Waals surface area contributed by atoms with Crippen molar-refractivity contribution in [2.45, 2.75) is 18.9 Å². The van der Waals surface area contributed by atoms with Crippen LogP contribution >= 0.6 is 0 Å². The van der Waals surface area contributed by atoms with Gasteiger partial charge in [0.2, 0.25) is 15.9 Å². The van der Waals surface area contributed by atoms with Gasteiger partial charge in [-0.05, 0) is 24.6 Å². The summed E-state index contributed by atoms with van der Waals surface area (Å²) in [5.74, 6) is -1.21. The van der Waals surface area contributed by atoms with Gasteiger partial charge >= 0.3 is 0 Å². The number of carbonyl (C=O) groups is 2. The lowest BCUT2D eigenvalue weighted by Crippen LogP contribution is -2.38. The number of anilines is 1. The molecule has 0 saturated carbocycles. The lowest BCUT2D eigenvalue weighted by Gasteiger charge is -2.24. The highest BCUT2D eigenvalue weighted by molar-refractivity contribution is 7.94. The van der Waals surface area contributed by atoms with Crippen molar-refractivity contribution in [3.8, 4) is 0 Å². The largest absolute Gasteiger partial charge is 0.338 e. The lowest BCUT2D eigenvalue weighted by atomic mass is 10.1. The fraction of sp³-hybridized carbons (Fsp3) is 0.467. The minimum Gasteiger partial charge on any atom is -0.338 e. The highest BCUT2D eigenvalue weighted by Crippen LogP contribution is 2.27. The highest BCUT2D eigenvalue weighted by atomic mass is 32.2. The number of carbonyl (C=O) groups excluding carboxylic acids is 2. The first-order chi connectivity index (χ1) is 11.6. The Labute approximate surface area is 146 Å². The summed E-state index contributed by atoms with van der Waals surface area (Å²) < 4.78 is 47.9. The van der Waals surface area contributed by atoms with Crippen LogP contribution in [0.5, 0.6) is 0 Å². The number of amides is 2. The van der Waals surface area contributed by atoms with E-state index >= 15 is 0 Å². The average Bonchev–Trinajstić information content (AvgIpc) is 3.04. The van der Waals surface area contributed by atoms with Crippen molar-refractivity contribution >= 4 is 37.4 Å². The minimum atomic E-state index is -3.70. The van der Waals surface area contributed by atoms with Gasteiger partial charge in [0.15, 0.2) is 9.84 Å².